The van der Waals surface area contributed by atoms with Gasteiger partial charge in [-0.1, -0.05) is 19.7 Å². The van der Waals surface area contributed by atoms with E-state index < -0.39 is 17.9 Å². The molecule has 0 spiro atoms. The number of carboxylic acids is 3. The van der Waals surface area contributed by atoms with Crippen LogP contribution in [0.2, 0.25) is 0 Å². The van der Waals surface area contributed by atoms with Gasteiger partial charge in [0.2, 0.25) is 0 Å². The van der Waals surface area contributed by atoms with Crippen LogP contribution in [0.3, 0.4) is 0 Å². The van der Waals surface area contributed by atoms with E-state index in [1.807, 2.05) is 0 Å². The summed E-state index contributed by atoms with van der Waals surface area (Å²) in [6.45, 7) is 8.69. The lowest BCUT2D eigenvalue weighted by Crippen LogP contribution is -2.17. The Bertz CT molecular complexity index is 216. The van der Waals surface area contributed by atoms with E-state index in [0.29, 0.717) is 0 Å². The molecule has 0 atom stereocenters. The smallest absolute Gasteiger partial charge is 0.0636 e. The number of carboxylic acid groups (broad SMARTS) is 3. The Morgan fingerprint density at radius 3 is 0.750 bits per heavy atom. The van der Waals surface area contributed by atoms with Crippen LogP contribution in [0.25, 0.3) is 0 Å². The number of rotatable bonds is 3. The summed E-state index contributed by atoms with van der Waals surface area (Å²) < 4.78 is 0. The minimum atomic E-state index is -1.23. The molecule has 87 valence electrons. The maximum atomic E-state index is 9.14. The number of hydrogen-bond acceptors (Lipinski definition) is 6. The molecule has 0 aromatic rings. The van der Waals surface area contributed by atoms with Crippen LogP contribution in [0, 0.1) is 0 Å². The van der Waals surface area contributed by atoms with Crippen molar-refractivity contribution in [1.29, 1.82) is 0 Å². The first-order valence-electron chi connectivity index (χ1n) is 3.32. The van der Waals surface area contributed by atoms with E-state index in [0.717, 1.165) is 18.2 Å². The number of carbonyl (C=O) groups excluding carboxylic acids is 3. The second-order valence-corrected chi connectivity index (χ2v) is 1.57. The van der Waals surface area contributed by atoms with Crippen LogP contribution in [-0.4, -0.2) is 35.3 Å². The van der Waals surface area contributed by atoms with Crippen molar-refractivity contribution in [2.75, 3.05) is 0 Å². The van der Waals surface area contributed by atoms with Crippen molar-refractivity contribution in [2.45, 2.75) is 0 Å². The molecule has 0 amide bonds. The van der Waals surface area contributed by atoms with Gasteiger partial charge in [0.1, 0.15) is 0 Å². The molecule has 0 aliphatic heterocycles. The average Bonchev–Trinajstić information content (AvgIpc) is 2.19. The largest absolute Gasteiger partial charge is 0.545 e. The van der Waals surface area contributed by atoms with Crippen LogP contribution in [0.5, 0.6) is 0 Å². The van der Waals surface area contributed by atoms with Crippen molar-refractivity contribution >= 4 is 35.3 Å². The van der Waals surface area contributed by atoms with Crippen molar-refractivity contribution in [3.8, 4) is 0 Å². The van der Waals surface area contributed by atoms with E-state index in [-0.39, 0.29) is 17.4 Å². The maximum Gasteiger partial charge on any atom is 0.0636 e. The summed E-state index contributed by atoms with van der Waals surface area (Å²) in [4.78, 5) is 27.4. The predicted octanol–water partition coefficient (Wildman–Crippen LogP) is -3.61. The van der Waals surface area contributed by atoms with Gasteiger partial charge in [0.05, 0.1) is 17.9 Å². The van der Waals surface area contributed by atoms with Crippen molar-refractivity contribution in [3.05, 3.63) is 38.0 Å². The molecule has 0 saturated carbocycles. The van der Waals surface area contributed by atoms with Crippen LogP contribution < -0.4 is 15.3 Å². The molecule has 0 N–H and O–H groups in total. The molecule has 0 rings (SSSR count). The van der Waals surface area contributed by atoms with Gasteiger partial charge in [-0.25, -0.2) is 0 Å². The Labute approximate surface area is 103 Å². The quantitative estimate of drug-likeness (QED) is 0.371. The summed E-state index contributed by atoms with van der Waals surface area (Å²) in [6.07, 6.45) is 2.17. The lowest BCUT2D eigenvalue weighted by atomic mass is 10.7. The molecule has 6 nitrogen and oxygen atoms in total. The molecule has 0 saturated heterocycles. The van der Waals surface area contributed by atoms with Gasteiger partial charge in [-0.05, 0) is 18.2 Å². The van der Waals surface area contributed by atoms with Gasteiger partial charge in [0.15, 0.2) is 0 Å². The van der Waals surface area contributed by atoms with Gasteiger partial charge < -0.3 is 29.7 Å². The zero-order chi connectivity index (χ0) is 12.9. The van der Waals surface area contributed by atoms with Gasteiger partial charge >= 0.3 is 0 Å². The Morgan fingerprint density at radius 1 is 0.688 bits per heavy atom. The lowest BCUT2D eigenvalue weighted by Gasteiger charge is -1.81. The molecule has 3 radical (unpaired) electrons. The average molecular weight is 240 g/mol. The van der Waals surface area contributed by atoms with Crippen LogP contribution in [0.15, 0.2) is 38.0 Å². The topological polar surface area (TPSA) is 120 Å². The maximum absolute atomic E-state index is 9.14. The number of carbonyl (C=O) groups is 3. The summed E-state index contributed by atoms with van der Waals surface area (Å²) in [5, 5.41) is 27.4. The first-order chi connectivity index (χ1) is 6.81. The Kier molecular flexibility index (Phi) is 28.0. The van der Waals surface area contributed by atoms with Crippen LogP contribution >= 0.6 is 0 Å². The highest BCUT2D eigenvalue weighted by Crippen LogP contribution is 1.48. The Hall–Kier alpha value is -1.84. The van der Waals surface area contributed by atoms with Crippen molar-refractivity contribution in [1.82, 2.24) is 0 Å². The molecule has 0 fully saturated rings. The first-order valence-corrected chi connectivity index (χ1v) is 3.32. The third-order valence-corrected chi connectivity index (χ3v) is 0.500. The normalized spacial score (nSPS) is 6.00. The highest BCUT2D eigenvalue weighted by Gasteiger charge is 1.56. The second kappa shape index (κ2) is 18.9. The molecule has 16 heavy (non-hydrogen) atoms. The standard InChI is InChI=1S/3C3H4O2.Al/c3*1-2-3(4)5;/h3*2H,1H2,(H,4,5);/p-3. The molecule has 0 aromatic carbocycles. The monoisotopic (exact) mass is 240 g/mol. The van der Waals surface area contributed by atoms with Gasteiger partial charge in [-0.3, -0.25) is 0 Å². The van der Waals surface area contributed by atoms with Crippen molar-refractivity contribution in [3.63, 3.8) is 0 Å². The van der Waals surface area contributed by atoms with E-state index >= 15 is 0 Å². The molecular formula is C9H9AlO6-3. The summed E-state index contributed by atoms with van der Waals surface area (Å²) in [6, 6.07) is 0. The SMILES string of the molecule is C=CC(=O)[O-].C=CC(=O)[O-].C=CC(=O)[O-].[Al]. The first kappa shape index (κ1) is 23.8. The van der Waals surface area contributed by atoms with Crippen LogP contribution in [0.4, 0.5) is 0 Å². The summed E-state index contributed by atoms with van der Waals surface area (Å²) in [5.41, 5.74) is 0. The second-order valence-electron chi connectivity index (χ2n) is 1.57. The minimum Gasteiger partial charge on any atom is -0.545 e. The lowest BCUT2D eigenvalue weighted by molar-refractivity contribution is -0.298. The molecule has 0 aliphatic carbocycles. The summed E-state index contributed by atoms with van der Waals surface area (Å²) in [7, 11) is 0. The fourth-order valence-electron chi connectivity index (χ4n) is 0. The molecular weight excluding hydrogens is 231 g/mol. The van der Waals surface area contributed by atoms with Crippen LogP contribution in [-0.2, 0) is 14.4 Å². The Morgan fingerprint density at radius 2 is 0.750 bits per heavy atom. The molecule has 7 heteroatoms. The highest BCUT2D eigenvalue weighted by atomic mass is 27.0. The molecule has 0 unspecified atom stereocenters. The van der Waals surface area contributed by atoms with E-state index in [9.17, 15) is 0 Å². The molecule has 0 aromatic heterocycles. The van der Waals surface area contributed by atoms with Gasteiger partial charge in [0.25, 0.3) is 0 Å². The predicted molar refractivity (Wildman–Crippen MR) is 51.4 cm³/mol. The highest BCUT2D eigenvalue weighted by molar-refractivity contribution is 5.77. The molecule has 0 bridgehead atoms. The Balaban J connectivity index is -0.0000000655. The fourth-order valence-corrected chi connectivity index (χ4v) is 0. The minimum absolute atomic E-state index is 0. The van der Waals surface area contributed by atoms with E-state index in [1.54, 1.807) is 0 Å². The van der Waals surface area contributed by atoms with E-state index in [4.69, 9.17) is 29.7 Å². The van der Waals surface area contributed by atoms with Crippen molar-refractivity contribution < 1.29 is 29.7 Å². The fraction of sp³-hybridized carbons (Fsp3) is 0. The number of aliphatic carboxylic acids is 3. The zero-order valence-corrected chi connectivity index (χ0v) is 9.53. The van der Waals surface area contributed by atoms with Crippen LogP contribution in [0.1, 0.15) is 0 Å². The molecule has 0 aliphatic rings. The third kappa shape index (κ3) is 87.5. The summed E-state index contributed by atoms with van der Waals surface area (Å²) in [5.74, 6) is -3.69. The zero-order valence-electron chi connectivity index (χ0n) is 8.38. The molecule has 0 heterocycles. The van der Waals surface area contributed by atoms with Gasteiger partial charge in [-0.2, -0.15) is 0 Å². The van der Waals surface area contributed by atoms with Gasteiger partial charge in [-0.15, -0.1) is 0 Å². The summed E-state index contributed by atoms with van der Waals surface area (Å²) >= 11 is 0. The van der Waals surface area contributed by atoms with Gasteiger partial charge in [0, 0.05) is 17.4 Å². The van der Waals surface area contributed by atoms with E-state index in [2.05, 4.69) is 19.7 Å². The third-order valence-electron chi connectivity index (χ3n) is 0.500. The van der Waals surface area contributed by atoms with Crippen molar-refractivity contribution in [2.24, 2.45) is 0 Å². The number of hydrogen-bond donors (Lipinski definition) is 0. The van der Waals surface area contributed by atoms with E-state index in [1.165, 1.54) is 0 Å².